The second kappa shape index (κ2) is 15.4. The molecule has 6 aromatic rings. The quantitative estimate of drug-likeness (QED) is 0.107. The van der Waals surface area contributed by atoms with Crippen molar-refractivity contribution < 1.29 is 10.1 Å². The van der Waals surface area contributed by atoms with Gasteiger partial charge in [0, 0.05) is 11.3 Å². The molecule has 1 N–H and O–H groups in total. The van der Waals surface area contributed by atoms with Crippen LogP contribution in [-0.2, 0) is 10.1 Å². The first-order valence-corrected chi connectivity index (χ1v) is 26.0. The second-order valence-corrected chi connectivity index (χ2v) is 24.5. The summed E-state index contributed by atoms with van der Waals surface area (Å²) in [5.41, 5.74) is 13.4. The van der Waals surface area contributed by atoms with Crippen LogP contribution >= 0.6 is 39.5 Å². The van der Waals surface area contributed by atoms with E-state index in [1.54, 1.807) is 0 Å². The van der Waals surface area contributed by atoms with Gasteiger partial charge in [0.2, 0.25) is 0 Å². The van der Waals surface area contributed by atoms with Crippen molar-refractivity contribution in [1.29, 1.82) is 0 Å². The smallest absolute Gasteiger partial charge is 0.0738 e. The number of hydrogen-bond donors (Lipinski definition) is 1. The fraction of sp³-hybridized carbons (Fsp3) is 0. The van der Waals surface area contributed by atoms with Crippen LogP contribution in [0.25, 0.3) is 22.3 Å². The van der Waals surface area contributed by atoms with Gasteiger partial charge in [0.15, 0.2) is 0 Å². The average Bonchev–Trinajstić information content (AvgIpc) is 4.02. The summed E-state index contributed by atoms with van der Waals surface area (Å²) < 4.78 is 0. The number of aromatic amines is 1. The Kier molecular flexibility index (Phi) is 10.2. The number of fused-ring (bicyclic) bond motifs is 6. The van der Waals surface area contributed by atoms with Gasteiger partial charge in [0.05, 0.1) is 17.1 Å². The summed E-state index contributed by atoms with van der Waals surface area (Å²) in [6.07, 6.45) is 10.4. The Morgan fingerprint density at radius 3 is 1.43 bits per heavy atom. The minimum atomic E-state index is 0.770. The molecule has 4 aromatic carbocycles. The SMILES string of the molecule is [I][Rh+][I].[c-]1c2c[nH]c1C(c1ccccc1)=C1C=CC(=N1)C(c1ccccc1)=C1C=CC(=N1)C(c1ccccc1)=c1ccc([n-]1)=C2c1ccccc1. The number of H-pyrrole nitrogens is 1. The Balaban J connectivity index is 0.00000121. The normalized spacial score (nSPS) is 14.9. The third-order valence-electron chi connectivity index (χ3n) is 8.85. The van der Waals surface area contributed by atoms with Gasteiger partial charge in [-0.2, -0.15) is 5.35 Å². The minimum Gasteiger partial charge on any atom is -0.665 e. The number of halogens is 2. The summed E-state index contributed by atoms with van der Waals surface area (Å²) in [5.74, 6) is 0. The topological polar surface area (TPSA) is 54.6 Å². The van der Waals surface area contributed by atoms with Crippen LogP contribution in [0.4, 0.5) is 0 Å². The van der Waals surface area contributed by atoms with E-state index in [1.165, 1.54) is 0 Å². The molecule has 0 unspecified atom stereocenters. The van der Waals surface area contributed by atoms with E-state index in [-0.39, 0.29) is 0 Å². The molecule has 0 saturated carbocycles. The van der Waals surface area contributed by atoms with Gasteiger partial charge in [-0.1, -0.05) is 151 Å². The molecule has 5 heterocycles. The summed E-state index contributed by atoms with van der Waals surface area (Å²) in [4.78, 5) is 19.5. The van der Waals surface area contributed by atoms with Crippen molar-refractivity contribution in [3.05, 3.63) is 226 Å². The predicted molar refractivity (Wildman–Crippen MR) is 223 cm³/mol. The molecule has 7 heteroatoms. The number of rotatable bonds is 4. The van der Waals surface area contributed by atoms with Crippen LogP contribution in [0, 0.1) is 6.07 Å². The van der Waals surface area contributed by atoms with Crippen LogP contribution in [0.3, 0.4) is 0 Å². The van der Waals surface area contributed by atoms with Crippen molar-refractivity contribution in [2.45, 2.75) is 0 Å². The van der Waals surface area contributed by atoms with Crippen LogP contribution in [0.5, 0.6) is 0 Å². The zero-order valence-corrected chi connectivity index (χ0v) is 33.0. The summed E-state index contributed by atoms with van der Waals surface area (Å²) >= 11 is 4.69. The van der Waals surface area contributed by atoms with Crippen molar-refractivity contribution in [1.82, 2.24) is 9.97 Å². The van der Waals surface area contributed by atoms with E-state index >= 15 is 0 Å². The van der Waals surface area contributed by atoms with Crippen LogP contribution in [0.15, 0.2) is 185 Å². The zero-order valence-electron chi connectivity index (χ0n) is 27.0. The molecule has 0 fully saturated rings. The van der Waals surface area contributed by atoms with E-state index in [2.05, 4.69) is 184 Å². The summed E-state index contributed by atoms with van der Waals surface area (Å²) in [6, 6.07) is 49.6. The minimum absolute atomic E-state index is 0.770. The molecule has 3 aliphatic heterocycles. The first kappa shape index (κ1) is 33.7. The van der Waals surface area contributed by atoms with Crippen LogP contribution in [0.1, 0.15) is 33.5 Å². The maximum absolute atomic E-state index is 5.31. The number of hydrogen-bond acceptors (Lipinski definition) is 2. The third-order valence-corrected chi connectivity index (χ3v) is 8.85. The molecule has 0 spiro atoms. The molecule has 0 aliphatic carbocycles. The van der Waals surface area contributed by atoms with Gasteiger partial charge in [0.25, 0.3) is 0 Å². The molecule has 0 amide bonds. The first-order chi connectivity index (χ1) is 25.2. The molecule has 4 nitrogen and oxygen atoms in total. The molecule has 9 rings (SSSR count). The fourth-order valence-corrected chi connectivity index (χ4v) is 6.68. The van der Waals surface area contributed by atoms with E-state index < -0.39 is 0 Å². The maximum atomic E-state index is 5.31. The van der Waals surface area contributed by atoms with Gasteiger partial charge in [-0.25, -0.2) is 4.99 Å². The van der Waals surface area contributed by atoms with Crippen molar-refractivity contribution in [3.8, 4) is 0 Å². The number of allylic oxidation sites excluding steroid dienone is 5. The molecule has 3 aliphatic rings. The van der Waals surface area contributed by atoms with E-state index in [0.29, 0.717) is 0 Å². The Morgan fingerprint density at radius 2 is 0.902 bits per heavy atom. The third kappa shape index (κ3) is 6.95. The second-order valence-electron chi connectivity index (χ2n) is 11.9. The summed E-state index contributed by atoms with van der Waals surface area (Å²) in [7, 11) is 0.770. The first-order valence-electron chi connectivity index (χ1n) is 16.3. The van der Waals surface area contributed by atoms with Gasteiger partial charge in [-0.15, -0.1) is 22.6 Å². The molecule has 51 heavy (non-hydrogen) atoms. The standard InChI is InChI=1S/C44H28N4.2HI.Rh/c1-5-13-29(14-6-1)41-33-27-40(45-28-33)44(32-19-11-4-12-20-32)39-26-25-38(48-39)43(31-17-9-3-10-18-31)37-24-23-36(47-37)42(30-15-7-2-8-16-30)35-22-21-34(41)46-35;;;/h1-26,28,45H;2*1H;/q-2;;;+3/p-2. The number of nitrogens with zero attached hydrogens (tertiary/aromatic N) is 3. The van der Waals surface area contributed by atoms with Crippen molar-refractivity contribution in [2.75, 3.05) is 0 Å². The van der Waals surface area contributed by atoms with E-state index in [9.17, 15) is 0 Å². The summed E-state index contributed by atoms with van der Waals surface area (Å²) in [5, 5.41) is 1.74. The monoisotopic (exact) mass is 969 g/mol. The largest absolute Gasteiger partial charge is 0.665 e. The molecule has 0 radical (unpaired) electrons. The molecule has 248 valence electrons. The molecule has 0 atom stereocenters. The molecule has 0 saturated heterocycles. The number of benzene rings is 4. The van der Waals surface area contributed by atoms with Crippen molar-refractivity contribution in [3.63, 3.8) is 0 Å². The predicted octanol–water partition coefficient (Wildman–Crippen LogP) is 9.19. The van der Waals surface area contributed by atoms with E-state index in [4.69, 9.17) is 15.0 Å². The maximum Gasteiger partial charge on any atom is 0.0738 e. The van der Waals surface area contributed by atoms with Crippen LogP contribution < -0.4 is 15.7 Å². The average molecular weight is 969 g/mol. The number of aromatic nitrogens is 2. The number of nitrogens with one attached hydrogen (secondary N) is 1. The molecular weight excluding hydrogens is 941 g/mol. The molecule has 2 aromatic heterocycles. The van der Waals surface area contributed by atoms with E-state index in [1.807, 2.05) is 30.5 Å². The fourth-order valence-electron chi connectivity index (χ4n) is 6.68. The van der Waals surface area contributed by atoms with Crippen LogP contribution in [0.2, 0.25) is 0 Å². The molecule has 8 bridgehead atoms. The van der Waals surface area contributed by atoms with Crippen molar-refractivity contribution >= 4 is 73.2 Å². The van der Waals surface area contributed by atoms with Gasteiger partial charge >= 0.3 is 49.6 Å². The zero-order chi connectivity index (χ0) is 34.6. The van der Waals surface area contributed by atoms with Gasteiger partial charge in [-0.3, -0.25) is 4.99 Å². The van der Waals surface area contributed by atoms with Crippen molar-refractivity contribution in [2.24, 2.45) is 9.98 Å². The number of aliphatic imine (C=N–C) groups is 2. The summed E-state index contributed by atoms with van der Waals surface area (Å²) in [6.45, 7) is 0. The Morgan fingerprint density at radius 1 is 0.490 bits per heavy atom. The Labute approximate surface area is 325 Å². The Bertz CT molecular complexity index is 2540. The van der Waals surface area contributed by atoms with E-state index in [0.717, 1.165) is 99.4 Å². The molecular formula is C44H28I2N4Rh-. The van der Waals surface area contributed by atoms with Crippen LogP contribution in [-0.4, -0.2) is 16.4 Å². The van der Waals surface area contributed by atoms with Gasteiger partial charge in [0.1, 0.15) is 0 Å². The van der Waals surface area contributed by atoms with Gasteiger partial charge < -0.3 is 9.97 Å². The Hall–Kier alpha value is -4.44. The van der Waals surface area contributed by atoms with Gasteiger partial charge in [-0.05, 0) is 52.3 Å².